The first kappa shape index (κ1) is 16.8. The van der Waals surface area contributed by atoms with Crippen LogP contribution < -0.4 is 4.74 Å². The minimum absolute atomic E-state index is 0.0876. The number of rotatable bonds is 7. The lowest BCUT2D eigenvalue weighted by atomic mass is 10.2. The lowest BCUT2D eigenvalue weighted by Crippen LogP contribution is -2.27. The minimum Gasteiger partial charge on any atom is -0.491 e. The Morgan fingerprint density at radius 3 is 2.32 bits per heavy atom. The van der Waals surface area contributed by atoms with Crippen LogP contribution in [0.25, 0.3) is 0 Å². The number of halogens is 1. The summed E-state index contributed by atoms with van der Waals surface area (Å²) >= 11 is 5.75. The molecule has 0 saturated heterocycles. The van der Waals surface area contributed by atoms with Gasteiger partial charge in [-0.15, -0.1) is 0 Å². The van der Waals surface area contributed by atoms with Crippen molar-refractivity contribution in [3.8, 4) is 5.75 Å². The Kier molecular flexibility index (Phi) is 5.83. The molecule has 4 nitrogen and oxygen atoms in total. The van der Waals surface area contributed by atoms with Gasteiger partial charge >= 0.3 is 0 Å². The van der Waals surface area contributed by atoms with Crippen LogP contribution in [-0.2, 0) is 15.6 Å². The topological polar surface area (TPSA) is 63.6 Å². The third-order valence-corrected chi connectivity index (χ3v) is 4.85. The zero-order valence-corrected chi connectivity index (χ0v) is 13.4. The standard InChI is InChI=1S/C16H17ClO4S/c17-14-6-8-16(9-7-14)21-10-15(18)12-22(19,20)11-13-4-2-1-3-5-13/h1-9,15,18H,10-12H2/t15-/m0/s1. The maximum atomic E-state index is 12.0. The number of hydrogen-bond donors (Lipinski definition) is 1. The molecule has 0 unspecified atom stereocenters. The number of sulfone groups is 1. The maximum Gasteiger partial charge on any atom is 0.157 e. The van der Waals surface area contributed by atoms with Crippen LogP contribution in [-0.4, -0.2) is 32.0 Å². The van der Waals surface area contributed by atoms with Gasteiger partial charge in [-0.05, 0) is 29.8 Å². The summed E-state index contributed by atoms with van der Waals surface area (Å²) in [5, 5.41) is 10.4. The summed E-state index contributed by atoms with van der Waals surface area (Å²) in [6, 6.07) is 15.5. The highest BCUT2D eigenvalue weighted by Crippen LogP contribution is 2.16. The van der Waals surface area contributed by atoms with Gasteiger partial charge in [-0.25, -0.2) is 8.42 Å². The van der Waals surface area contributed by atoms with Crippen molar-refractivity contribution < 1.29 is 18.3 Å². The highest BCUT2D eigenvalue weighted by Gasteiger charge is 2.18. The first-order valence-electron chi connectivity index (χ1n) is 6.75. The Morgan fingerprint density at radius 1 is 1.05 bits per heavy atom. The summed E-state index contributed by atoms with van der Waals surface area (Å²) in [6.07, 6.45) is -1.08. The molecule has 0 bridgehead atoms. The van der Waals surface area contributed by atoms with Crippen molar-refractivity contribution in [2.75, 3.05) is 12.4 Å². The van der Waals surface area contributed by atoms with Crippen LogP contribution in [0.15, 0.2) is 54.6 Å². The van der Waals surface area contributed by atoms with Gasteiger partial charge in [0.1, 0.15) is 18.5 Å². The van der Waals surface area contributed by atoms with Gasteiger partial charge < -0.3 is 9.84 Å². The van der Waals surface area contributed by atoms with Crippen molar-refractivity contribution in [2.45, 2.75) is 11.9 Å². The van der Waals surface area contributed by atoms with E-state index in [2.05, 4.69) is 0 Å². The third-order valence-electron chi connectivity index (χ3n) is 2.93. The molecule has 0 aromatic heterocycles. The SMILES string of the molecule is O=S(=O)(Cc1ccccc1)C[C@@H](O)COc1ccc(Cl)cc1. The lowest BCUT2D eigenvalue weighted by molar-refractivity contribution is 0.125. The predicted octanol–water partition coefficient (Wildman–Crippen LogP) is 2.69. The molecule has 0 aliphatic carbocycles. The zero-order chi connectivity index (χ0) is 16.0. The number of hydrogen-bond acceptors (Lipinski definition) is 4. The Labute approximate surface area is 135 Å². The quantitative estimate of drug-likeness (QED) is 0.841. The van der Waals surface area contributed by atoms with Crippen LogP contribution in [0.1, 0.15) is 5.56 Å². The van der Waals surface area contributed by atoms with Crippen molar-refractivity contribution >= 4 is 21.4 Å². The molecule has 2 rings (SSSR count). The number of aliphatic hydroxyl groups excluding tert-OH is 1. The Balaban J connectivity index is 1.85. The van der Waals surface area contributed by atoms with E-state index in [4.69, 9.17) is 16.3 Å². The van der Waals surface area contributed by atoms with Gasteiger partial charge in [0.05, 0.1) is 11.5 Å². The van der Waals surface area contributed by atoms with E-state index in [-0.39, 0.29) is 18.1 Å². The number of aliphatic hydroxyl groups is 1. The van der Waals surface area contributed by atoms with Gasteiger partial charge in [0.2, 0.25) is 0 Å². The molecule has 22 heavy (non-hydrogen) atoms. The maximum absolute atomic E-state index is 12.0. The van der Waals surface area contributed by atoms with Gasteiger partial charge in [-0.3, -0.25) is 0 Å². The van der Waals surface area contributed by atoms with Gasteiger partial charge in [-0.1, -0.05) is 41.9 Å². The summed E-state index contributed by atoms with van der Waals surface area (Å²) in [5.74, 6) is 0.102. The van der Waals surface area contributed by atoms with Crippen molar-refractivity contribution in [2.24, 2.45) is 0 Å². The van der Waals surface area contributed by atoms with E-state index < -0.39 is 15.9 Å². The van der Waals surface area contributed by atoms with Crippen LogP contribution in [0.4, 0.5) is 0 Å². The van der Waals surface area contributed by atoms with Crippen molar-refractivity contribution in [1.82, 2.24) is 0 Å². The van der Waals surface area contributed by atoms with Crippen molar-refractivity contribution in [1.29, 1.82) is 0 Å². The molecule has 0 amide bonds. The summed E-state index contributed by atoms with van der Waals surface area (Å²) in [5.41, 5.74) is 0.702. The molecule has 1 N–H and O–H groups in total. The van der Waals surface area contributed by atoms with Crippen LogP contribution >= 0.6 is 11.6 Å². The molecule has 1 atom stereocenters. The molecule has 0 aliphatic rings. The second-order valence-electron chi connectivity index (χ2n) is 4.96. The Hall–Kier alpha value is -1.56. The molecule has 0 radical (unpaired) electrons. The van der Waals surface area contributed by atoms with Crippen molar-refractivity contribution in [3.63, 3.8) is 0 Å². The van der Waals surface area contributed by atoms with Crippen LogP contribution in [0.2, 0.25) is 5.02 Å². The average Bonchev–Trinajstić information content (AvgIpc) is 2.46. The highest BCUT2D eigenvalue weighted by atomic mass is 35.5. The number of benzene rings is 2. The third kappa shape index (κ3) is 5.67. The predicted molar refractivity (Wildman–Crippen MR) is 86.9 cm³/mol. The van der Waals surface area contributed by atoms with Crippen LogP contribution in [0.5, 0.6) is 5.75 Å². The van der Waals surface area contributed by atoms with E-state index in [1.54, 1.807) is 48.5 Å². The molecule has 118 valence electrons. The number of ether oxygens (including phenoxy) is 1. The van der Waals surface area contributed by atoms with E-state index in [1.165, 1.54) is 0 Å². The van der Waals surface area contributed by atoms with E-state index in [1.807, 2.05) is 6.07 Å². The fourth-order valence-corrected chi connectivity index (χ4v) is 3.58. The minimum atomic E-state index is -3.40. The van der Waals surface area contributed by atoms with E-state index in [0.29, 0.717) is 16.3 Å². The van der Waals surface area contributed by atoms with E-state index in [9.17, 15) is 13.5 Å². The smallest absolute Gasteiger partial charge is 0.157 e. The second kappa shape index (κ2) is 7.63. The Bertz CT molecular complexity index is 684. The van der Waals surface area contributed by atoms with Crippen molar-refractivity contribution in [3.05, 3.63) is 65.2 Å². The molecular weight excluding hydrogens is 324 g/mol. The molecular formula is C16H17ClO4S. The molecule has 0 spiro atoms. The van der Waals surface area contributed by atoms with Crippen LogP contribution in [0.3, 0.4) is 0 Å². The molecule has 0 fully saturated rings. The first-order chi connectivity index (χ1) is 10.4. The van der Waals surface area contributed by atoms with Gasteiger partial charge in [0.25, 0.3) is 0 Å². The average molecular weight is 341 g/mol. The zero-order valence-electron chi connectivity index (χ0n) is 11.9. The lowest BCUT2D eigenvalue weighted by Gasteiger charge is -2.13. The first-order valence-corrected chi connectivity index (χ1v) is 8.95. The molecule has 2 aromatic rings. The monoisotopic (exact) mass is 340 g/mol. The summed E-state index contributed by atoms with van der Waals surface area (Å²) in [4.78, 5) is 0. The van der Waals surface area contributed by atoms with Gasteiger partial charge in [0, 0.05) is 5.02 Å². The van der Waals surface area contributed by atoms with Gasteiger partial charge in [-0.2, -0.15) is 0 Å². The summed E-state index contributed by atoms with van der Waals surface area (Å²) in [7, 11) is -3.40. The van der Waals surface area contributed by atoms with Crippen LogP contribution in [0, 0.1) is 0 Å². The fraction of sp³-hybridized carbons (Fsp3) is 0.250. The molecule has 2 aromatic carbocycles. The summed E-state index contributed by atoms with van der Waals surface area (Å²) in [6.45, 7) is -0.0876. The van der Waals surface area contributed by atoms with Gasteiger partial charge in [0.15, 0.2) is 9.84 Å². The Morgan fingerprint density at radius 2 is 1.68 bits per heavy atom. The molecule has 6 heteroatoms. The largest absolute Gasteiger partial charge is 0.491 e. The van der Waals surface area contributed by atoms with E-state index >= 15 is 0 Å². The highest BCUT2D eigenvalue weighted by molar-refractivity contribution is 7.90. The normalized spacial score (nSPS) is 12.8. The summed E-state index contributed by atoms with van der Waals surface area (Å²) < 4.78 is 29.4. The second-order valence-corrected chi connectivity index (χ2v) is 7.50. The molecule has 0 heterocycles. The molecule has 0 saturated carbocycles. The fourth-order valence-electron chi connectivity index (χ4n) is 1.95. The van der Waals surface area contributed by atoms with E-state index in [0.717, 1.165) is 0 Å². The molecule has 0 aliphatic heterocycles.